The molecule has 3 aromatic rings. The summed E-state index contributed by atoms with van der Waals surface area (Å²) in [7, 11) is 1.59. The fraction of sp³-hybridized carbons (Fsp3) is 0.250. The third kappa shape index (κ3) is 5.19. The van der Waals surface area contributed by atoms with E-state index in [1.165, 1.54) is 12.1 Å². The molecule has 32 heavy (non-hydrogen) atoms. The lowest BCUT2D eigenvalue weighted by atomic mass is 10.1. The summed E-state index contributed by atoms with van der Waals surface area (Å²) in [6, 6.07) is 15.6. The Morgan fingerprint density at radius 1 is 1.06 bits per heavy atom. The number of halogens is 3. The molecule has 2 aromatic carbocycles. The first-order chi connectivity index (χ1) is 15.3. The van der Waals surface area contributed by atoms with Gasteiger partial charge in [0.25, 0.3) is 0 Å². The molecule has 0 bridgehead atoms. The summed E-state index contributed by atoms with van der Waals surface area (Å²) in [5.41, 5.74) is 0.883. The van der Waals surface area contributed by atoms with E-state index in [0.29, 0.717) is 24.6 Å². The molecule has 0 saturated heterocycles. The predicted molar refractivity (Wildman–Crippen MR) is 111 cm³/mol. The molecule has 5 nitrogen and oxygen atoms in total. The SMILES string of the molecule is COc1ccc(Oc2cc(CNC(=O)C3CC3c3ccc(C(F)(F)F)cc3)ccn2)cc1. The Bertz CT molecular complexity index is 1080. The maximum absolute atomic E-state index is 12.7. The highest BCUT2D eigenvalue weighted by atomic mass is 19.4. The molecule has 4 rings (SSSR count). The van der Waals surface area contributed by atoms with Crippen LogP contribution in [0.3, 0.4) is 0 Å². The number of methoxy groups -OCH3 is 1. The fourth-order valence-electron chi connectivity index (χ4n) is 3.47. The van der Waals surface area contributed by atoms with Gasteiger partial charge in [-0.1, -0.05) is 12.1 Å². The molecule has 1 saturated carbocycles. The molecule has 0 spiro atoms. The van der Waals surface area contributed by atoms with Crippen molar-refractivity contribution in [1.29, 1.82) is 0 Å². The van der Waals surface area contributed by atoms with Gasteiger partial charge in [-0.2, -0.15) is 13.2 Å². The second kappa shape index (κ2) is 8.90. The molecule has 0 aliphatic heterocycles. The maximum Gasteiger partial charge on any atom is 0.416 e. The van der Waals surface area contributed by atoms with Crippen LogP contribution in [0.15, 0.2) is 66.9 Å². The van der Waals surface area contributed by atoms with Gasteiger partial charge >= 0.3 is 6.18 Å². The van der Waals surface area contributed by atoms with Crippen molar-refractivity contribution in [1.82, 2.24) is 10.3 Å². The van der Waals surface area contributed by atoms with E-state index >= 15 is 0 Å². The number of amides is 1. The number of carbonyl (C=O) groups is 1. The van der Waals surface area contributed by atoms with Gasteiger partial charge in [0.05, 0.1) is 12.7 Å². The van der Waals surface area contributed by atoms with Gasteiger partial charge in [-0.15, -0.1) is 0 Å². The van der Waals surface area contributed by atoms with Crippen LogP contribution in [-0.2, 0) is 17.5 Å². The summed E-state index contributed by atoms with van der Waals surface area (Å²) in [5.74, 6) is 1.32. The van der Waals surface area contributed by atoms with Crippen LogP contribution >= 0.6 is 0 Å². The van der Waals surface area contributed by atoms with Crippen LogP contribution in [0.4, 0.5) is 13.2 Å². The molecule has 0 radical (unpaired) electrons. The molecular weight excluding hydrogens is 421 g/mol. The molecule has 1 heterocycles. The lowest BCUT2D eigenvalue weighted by Gasteiger charge is -2.09. The number of carbonyl (C=O) groups excluding carboxylic acids is 1. The minimum atomic E-state index is -4.36. The summed E-state index contributed by atoms with van der Waals surface area (Å²) in [6.45, 7) is 0.302. The third-order valence-corrected chi connectivity index (χ3v) is 5.34. The fourth-order valence-corrected chi connectivity index (χ4v) is 3.47. The van der Waals surface area contributed by atoms with Gasteiger partial charge < -0.3 is 14.8 Å². The van der Waals surface area contributed by atoms with Gasteiger partial charge in [0.15, 0.2) is 0 Å². The summed E-state index contributed by atoms with van der Waals surface area (Å²) in [4.78, 5) is 16.7. The van der Waals surface area contributed by atoms with Crippen molar-refractivity contribution in [2.24, 2.45) is 5.92 Å². The van der Waals surface area contributed by atoms with E-state index in [0.717, 1.165) is 29.0 Å². The Kier molecular flexibility index (Phi) is 6.03. The van der Waals surface area contributed by atoms with Crippen molar-refractivity contribution in [3.8, 4) is 17.4 Å². The summed E-state index contributed by atoms with van der Waals surface area (Å²) < 4.78 is 49.0. The Hall–Kier alpha value is -3.55. The predicted octanol–water partition coefficient (Wildman–Crippen LogP) is 5.32. The largest absolute Gasteiger partial charge is 0.497 e. The van der Waals surface area contributed by atoms with Crippen LogP contribution in [0.5, 0.6) is 17.4 Å². The average molecular weight is 442 g/mol. The number of hydrogen-bond acceptors (Lipinski definition) is 4. The number of alkyl halides is 3. The molecule has 1 amide bonds. The van der Waals surface area contributed by atoms with E-state index < -0.39 is 11.7 Å². The van der Waals surface area contributed by atoms with E-state index in [9.17, 15) is 18.0 Å². The third-order valence-electron chi connectivity index (χ3n) is 5.34. The highest BCUT2D eigenvalue weighted by Gasteiger charge is 2.44. The van der Waals surface area contributed by atoms with Gasteiger partial charge in [0.2, 0.25) is 11.8 Å². The second-order valence-corrected chi connectivity index (χ2v) is 7.57. The summed E-state index contributed by atoms with van der Waals surface area (Å²) in [5, 5.41) is 2.88. The van der Waals surface area contributed by atoms with Gasteiger partial charge in [0.1, 0.15) is 11.5 Å². The standard InChI is InChI=1S/C24H21F3N2O3/c1-31-18-6-8-19(9-7-18)32-22-12-15(10-11-28-22)14-29-23(30)21-13-20(21)16-2-4-17(5-3-16)24(25,26)27/h2-12,20-21H,13-14H2,1H3,(H,29,30). The second-order valence-electron chi connectivity index (χ2n) is 7.57. The average Bonchev–Trinajstić information content (AvgIpc) is 3.59. The first-order valence-electron chi connectivity index (χ1n) is 10.0. The molecule has 1 aliphatic carbocycles. The van der Waals surface area contributed by atoms with E-state index in [2.05, 4.69) is 10.3 Å². The summed E-state index contributed by atoms with van der Waals surface area (Å²) in [6.07, 6.45) is -2.14. The van der Waals surface area contributed by atoms with Crippen LogP contribution in [-0.4, -0.2) is 18.0 Å². The van der Waals surface area contributed by atoms with Crippen molar-refractivity contribution in [3.05, 3.63) is 83.6 Å². The van der Waals surface area contributed by atoms with E-state index in [4.69, 9.17) is 9.47 Å². The molecule has 1 fully saturated rings. The highest BCUT2D eigenvalue weighted by Crippen LogP contribution is 2.48. The van der Waals surface area contributed by atoms with E-state index in [1.807, 2.05) is 0 Å². The minimum absolute atomic E-state index is 0.0521. The smallest absolute Gasteiger partial charge is 0.416 e. The minimum Gasteiger partial charge on any atom is -0.497 e. The topological polar surface area (TPSA) is 60.5 Å². The van der Waals surface area contributed by atoms with Gasteiger partial charge in [0, 0.05) is 24.7 Å². The van der Waals surface area contributed by atoms with Crippen molar-refractivity contribution >= 4 is 5.91 Å². The molecular formula is C24H21F3N2O3. The number of hydrogen-bond donors (Lipinski definition) is 1. The zero-order valence-corrected chi connectivity index (χ0v) is 17.2. The van der Waals surface area contributed by atoms with E-state index in [-0.39, 0.29) is 17.7 Å². The quantitative estimate of drug-likeness (QED) is 0.538. The first-order valence-corrected chi connectivity index (χ1v) is 10.0. The zero-order chi connectivity index (χ0) is 22.7. The maximum atomic E-state index is 12.7. The molecule has 166 valence electrons. The molecule has 2 unspecified atom stereocenters. The zero-order valence-electron chi connectivity index (χ0n) is 17.2. The number of rotatable bonds is 7. The van der Waals surface area contributed by atoms with Crippen molar-refractivity contribution in [3.63, 3.8) is 0 Å². The Balaban J connectivity index is 1.30. The van der Waals surface area contributed by atoms with Crippen LogP contribution in [0.25, 0.3) is 0 Å². The van der Waals surface area contributed by atoms with Crippen LogP contribution in [0.2, 0.25) is 0 Å². The lowest BCUT2D eigenvalue weighted by molar-refractivity contribution is -0.137. The molecule has 1 aromatic heterocycles. The number of ether oxygens (including phenoxy) is 2. The van der Waals surface area contributed by atoms with Crippen LogP contribution in [0, 0.1) is 5.92 Å². The van der Waals surface area contributed by atoms with E-state index in [1.54, 1.807) is 49.7 Å². The Morgan fingerprint density at radius 2 is 1.75 bits per heavy atom. The number of nitrogens with zero attached hydrogens (tertiary/aromatic N) is 1. The first kappa shape index (κ1) is 21.7. The number of pyridine rings is 1. The number of nitrogens with one attached hydrogen (secondary N) is 1. The van der Waals surface area contributed by atoms with Crippen molar-refractivity contribution < 1.29 is 27.4 Å². The molecule has 2 atom stereocenters. The van der Waals surface area contributed by atoms with Gasteiger partial charge in [-0.25, -0.2) is 4.98 Å². The van der Waals surface area contributed by atoms with Crippen LogP contribution in [0.1, 0.15) is 29.0 Å². The molecule has 1 N–H and O–H groups in total. The normalized spacial score (nSPS) is 17.5. The Labute approximate surface area is 183 Å². The van der Waals surface area contributed by atoms with Gasteiger partial charge in [-0.3, -0.25) is 4.79 Å². The lowest BCUT2D eigenvalue weighted by Crippen LogP contribution is -2.24. The van der Waals surface area contributed by atoms with Gasteiger partial charge in [-0.05, 0) is 65.9 Å². The number of aromatic nitrogens is 1. The number of benzene rings is 2. The van der Waals surface area contributed by atoms with Crippen LogP contribution < -0.4 is 14.8 Å². The van der Waals surface area contributed by atoms with Crippen molar-refractivity contribution in [2.45, 2.75) is 25.1 Å². The monoisotopic (exact) mass is 442 g/mol. The van der Waals surface area contributed by atoms with Crippen molar-refractivity contribution in [2.75, 3.05) is 7.11 Å². The Morgan fingerprint density at radius 3 is 2.41 bits per heavy atom. The molecule has 1 aliphatic rings. The molecule has 8 heteroatoms. The highest BCUT2D eigenvalue weighted by molar-refractivity contribution is 5.82. The summed E-state index contributed by atoms with van der Waals surface area (Å²) >= 11 is 0.